The summed E-state index contributed by atoms with van der Waals surface area (Å²) in [5.41, 5.74) is 2.14. The van der Waals surface area contributed by atoms with Crippen molar-refractivity contribution in [3.63, 3.8) is 0 Å². The average molecular weight is 289 g/mol. The van der Waals surface area contributed by atoms with E-state index in [1.54, 1.807) is 0 Å². The molecule has 0 unspecified atom stereocenters. The highest BCUT2D eigenvalue weighted by atomic mass is 79.9. The van der Waals surface area contributed by atoms with Gasteiger partial charge in [-0.25, -0.2) is 0 Å². The standard InChI is InChI=1S/C11H17BrN2O2/c1-7-10(12)8(2)14(13-7)5-9-6-15-11(3,4)16-9/h9H,5-6H2,1-4H3/t9-/m0/s1. The fourth-order valence-corrected chi connectivity index (χ4v) is 2.18. The Labute approximate surface area is 104 Å². The highest BCUT2D eigenvalue weighted by Crippen LogP contribution is 2.25. The lowest BCUT2D eigenvalue weighted by Gasteiger charge is -2.17. The zero-order chi connectivity index (χ0) is 11.9. The average Bonchev–Trinajstić information content (AvgIpc) is 2.64. The van der Waals surface area contributed by atoms with Crippen molar-refractivity contribution < 1.29 is 9.47 Å². The van der Waals surface area contributed by atoms with E-state index in [0.717, 1.165) is 22.4 Å². The molecule has 0 aromatic carbocycles. The number of hydrogen-bond acceptors (Lipinski definition) is 3. The molecule has 0 radical (unpaired) electrons. The van der Waals surface area contributed by atoms with Gasteiger partial charge in [0, 0.05) is 5.69 Å². The smallest absolute Gasteiger partial charge is 0.163 e. The minimum Gasteiger partial charge on any atom is -0.348 e. The third-order valence-corrected chi connectivity index (χ3v) is 3.88. The molecule has 0 bridgehead atoms. The quantitative estimate of drug-likeness (QED) is 0.839. The largest absolute Gasteiger partial charge is 0.348 e. The molecule has 1 fully saturated rings. The van der Waals surface area contributed by atoms with Crippen molar-refractivity contribution in [1.82, 2.24) is 9.78 Å². The van der Waals surface area contributed by atoms with Crippen molar-refractivity contribution in [3.05, 3.63) is 15.9 Å². The van der Waals surface area contributed by atoms with Gasteiger partial charge in [0.15, 0.2) is 5.79 Å². The van der Waals surface area contributed by atoms with Crippen LogP contribution in [0.5, 0.6) is 0 Å². The molecule has 4 nitrogen and oxygen atoms in total. The Bertz CT molecular complexity index is 401. The van der Waals surface area contributed by atoms with E-state index in [2.05, 4.69) is 21.0 Å². The zero-order valence-corrected chi connectivity index (χ0v) is 11.7. The third kappa shape index (κ3) is 2.31. The first-order valence-corrected chi connectivity index (χ1v) is 6.19. The third-order valence-electron chi connectivity index (χ3n) is 2.74. The fourth-order valence-electron chi connectivity index (χ4n) is 1.90. The molecule has 0 spiro atoms. The molecular weight excluding hydrogens is 272 g/mol. The summed E-state index contributed by atoms with van der Waals surface area (Å²) in [5, 5.41) is 4.46. The van der Waals surface area contributed by atoms with E-state index in [4.69, 9.17) is 9.47 Å². The van der Waals surface area contributed by atoms with Gasteiger partial charge in [-0.15, -0.1) is 0 Å². The van der Waals surface area contributed by atoms with Gasteiger partial charge in [-0.1, -0.05) is 0 Å². The molecule has 2 rings (SSSR count). The van der Waals surface area contributed by atoms with Crippen LogP contribution in [0.4, 0.5) is 0 Å². The molecule has 1 aliphatic rings. The van der Waals surface area contributed by atoms with Crippen LogP contribution in [-0.2, 0) is 16.0 Å². The number of nitrogens with zero attached hydrogens (tertiary/aromatic N) is 2. The second-order valence-corrected chi connectivity index (χ2v) is 5.41. The highest BCUT2D eigenvalue weighted by molar-refractivity contribution is 9.10. The van der Waals surface area contributed by atoms with Crippen LogP contribution in [0.2, 0.25) is 0 Å². The second-order valence-electron chi connectivity index (χ2n) is 4.62. The van der Waals surface area contributed by atoms with Crippen molar-refractivity contribution in [3.8, 4) is 0 Å². The predicted octanol–water partition coefficient (Wildman–Crippen LogP) is 2.41. The normalized spacial score (nSPS) is 23.9. The Hall–Kier alpha value is -0.390. The first kappa shape index (κ1) is 12.1. The fraction of sp³-hybridized carbons (Fsp3) is 0.727. The molecule has 1 saturated heterocycles. The maximum Gasteiger partial charge on any atom is 0.163 e. The van der Waals surface area contributed by atoms with Crippen LogP contribution in [0.15, 0.2) is 4.47 Å². The van der Waals surface area contributed by atoms with Gasteiger partial charge in [-0.2, -0.15) is 5.10 Å². The van der Waals surface area contributed by atoms with Gasteiger partial charge in [0.05, 0.1) is 23.3 Å². The van der Waals surface area contributed by atoms with Crippen molar-refractivity contribution in [2.45, 2.75) is 46.1 Å². The second kappa shape index (κ2) is 4.13. The maximum absolute atomic E-state index is 5.76. The topological polar surface area (TPSA) is 36.3 Å². The molecule has 1 aliphatic heterocycles. The monoisotopic (exact) mass is 288 g/mol. The summed E-state index contributed by atoms with van der Waals surface area (Å²) in [7, 11) is 0. The summed E-state index contributed by atoms with van der Waals surface area (Å²) in [4.78, 5) is 0. The van der Waals surface area contributed by atoms with E-state index in [-0.39, 0.29) is 6.10 Å². The summed E-state index contributed by atoms with van der Waals surface area (Å²) in [6, 6.07) is 0. The molecule has 0 amide bonds. The van der Waals surface area contributed by atoms with Crippen LogP contribution in [0.3, 0.4) is 0 Å². The lowest BCUT2D eigenvalue weighted by atomic mass is 10.3. The number of rotatable bonds is 2. The minimum atomic E-state index is -0.460. The molecule has 16 heavy (non-hydrogen) atoms. The summed E-state index contributed by atoms with van der Waals surface area (Å²) < 4.78 is 14.3. The Morgan fingerprint density at radius 1 is 1.50 bits per heavy atom. The van der Waals surface area contributed by atoms with E-state index in [1.807, 2.05) is 32.4 Å². The van der Waals surface area contributed by atoms with Crippen molar-refractivity contribution in [2.75, 3.05) is 6.61 Å². The summed E-state index contributed by atoms with van der Waals surface area (Å²) in [6.07, 6.45) is 0.0832. The molecule has 1 aromatic heterocycles. The van der Waals surface area contributed by atoms with Gasteiger partial charge in [0.1, 0.15) is 6.10 Å². The Kier molecular flexibility index (Phi) is 3.11. The molecule has 0 saturated carbocycles. The van der Waals surface area contributed by atoms with Crippen LogP contribution in [0.1, 0.15) is 25.2 Å². The number of hydrogen-bond donors (Lipinski definition) is 0. The molecule has 2 heterocycles. The molecular formula is C11H17BrN2O2. The Morgan fingerprint density at radius 3 is 2.62 bits per heavy atom. The van der Waals surface area contributed by atoms with Crippen molar-refractivity contribution in [1.29, 1.82) is 0 Å². The molecule has 1 aromatic rings. The molecule has 0 N–H and O–H groups in total. The summed E-state index contributed by atoms with van der Waals surface area (Å²) in [5.74, 6) is -0.460. The lowest BCUT2D eigenvalue weighted by molar-refractivity contribution is -0.139. The van der Waals surface area contributed by atoms with E-state index in [9.17, 15) is 0 Å². The van der Waals surface area contributed by atoms with Gasteiger partial charge in [0.25, 0.3) is 0 Å². The number of aromatic nitrogens is 2. The SMILES string of the molecule is Cc1nn(C[C@H]2COC(C)(C)O2)c(C)c1Br. The first-order valence-electron chi connectivity index (χ1n) is 5.40. The summed E-state index contributed by atoms with van der Waals surface area (Å²) in [6.45, 7) is 9.27. The van der Waals surface area contributed by atoms with Gasteiger partial charge in [-0.05, 0) is 43.6 Å². The summed E-state index contributed by atoms with van der Waals surface area (Å²) >= 11 is 3.52. The molecule has 5 heteroatoms. The maximum atomic E-state index is 5.76. The minimum absolute atomic E-state index is 0.0832. The van der Waals surface area contributed by atoms with E-state index >= 15 is 0 Å². The van der Waals surface area contributed by atoms with Gasteiger partial charge in [0.2, 0.25) is 0 Å². The number of aryl methyl sites for hydroxylation is 1. The Morgan fingerprint density at radius 2 is 2.19 bits per heavy atom. The van der Waals surface area contributed by atoms with Crippen LogP contribution >= 0.6 is 15.9 Å². The zero-order valence-electron chi connectivity index (χ0n) is 10.1. The van der Waals surface area contributed by atoms with Crippen molar-refractivity contribution in [2.24, 2.45) is 0 Å². The molecule has 90 valence electrons. The van der Waals surface area contributed by atoms with Crippen LogP contribution in [-0.4, -0.2) is 28.3 Å². The van der Waals surface area contributed by atoms with Gasteiger partial charge >= 0.3 is 0 Å². The van der Waals surface area contributed by atoms with Crippen LogP contribution in [0.25, 0.3) is 0 Å². The number of ether oxygens (including phenoxy) is 2. The van der Waals surface area contributed by atoms with E-state index in [1.165, 1.54) is 0 Å². The lowest BCUT2D eigenvalue weighted by Crippen LogP contribution is -2.24. The van der Waals surface area contributed by atoms with E-state index < -0.39 is 5.79 Å². The first-order chi connectivity index (χ1) is 7.39. The molecule has 1 atom stereocenters. The van der Waals surface area contributed by atoms with E-state index in [0.29, 0.717) is 6.61 Å². The van der Waals surface area contributed by atoms with Crippen molar-refractivity contribution >= 4 is 15.9 Å². The van der Waals surface area contributed by atoms with Crippen LogP contribution < -0.4 is 0 Å². The van der Waals surface area contributed by atoms with Gasteiger partial charge < -0.3 is 9.47 Å². The highest BCUT2D eigenvalue weighted by Gasteiger charge is 2.33. The molecule has 0 aliphatic carbocycles. The van der Waals surface area contributed by atoms with Gasteiger partial charge in [-0.3, -0.25) is 4.68 Å². The Balaban J connectivity index is 2.08. The predicted molar refractivity (Wildman–Crippen MR) is 64.3 cm³/mol. The van der Waals surface area contributed by atoms with Crippen LogP contribution in [0, 0.1) is 13.8 Å². The number of halogens is 1.